The molecule has 0 fully saturated rings. The number of aryl methyl sites for hydroxylation is 1. The molecule has 0 aliphatic carbocycles. The SMILES string of the molecule is CC[C@H](COS(=O)(=O)c1ccc(C)cc1)NC(=O)OC(C)(C)C. The third-order valence-electron chi connectivity index (χ3n) is 2.95. The molecule has 1 aromatic carbocycles. The zero-order valence-electron chi connectivity index (χ0n) is 14.3. The highest BCUT2D eigenvalue weighted by Gasteiger charge is 2.21. The number of nitrogens with one attached hydrogen (secondary N) is 1. The monoisotopic (exact) mass is 343 g/mol. The summed E-state index contributed by atoms with van der Waals surface area (Å²) in [6.07, 6.45) is -0.0801. The third kappa shape index (κ3) is 7.00. The van der Waals surface area contributed by atoms with Gasteiger partial charge in [-0.1, -0.05) is 24.6 Å². The van der Waals surface area contributed by atoms with Gasteiger partial charge < -0.3 is 10.1 Å². The lowest BCUT2D eigenvalue weighted by atomic mass is 10.2. The minimum atomic E-state index is -3.85. The highest BCUT2D eigenvalue weighted by atomic mass is 32.2. The molecule has 1 rings (SSSR count). The van der Waals surface area contributed by atoms with Crippen LogP contribution in [0.5, 0.6) is 0 Å². The first kappa shape index (κ1) is 19.4. The summed E-state index contributed by atoms with van der Waals surface area (Å²) in [5, 5.41) is 2.61. The summed E-state index contributed by atoms with van der Waals surface area (Å²) in [7, 11) is -3.85. The van der Waals surface area contributed by atoms with E-state index < -0.39 is 27.9 Å². The normalized spacial score (nSPS) is 13.4. The Morgan fingerprint density at radius 2 is 1.78 bits per heavy atom. The summed E-state index contributed by atoms with van der Waals surface area (Å²) in [5.41, 5.74) is 0.346. The molecular formula is C16H25NO5S. The average Bonchev–Trinajstić information content (AvgIpc) is 2.42. The van der Waals surface area contributed by atoms with E-state index in [0.29, 0.717) is 6.42 Å². The Balaban J connectivity index is 2.63. The van der Waals surface area contributed by atoms with Crippen molar-refractivity contribution in [3.63, 3.8) is 0 Å². The van der Waals surface area contributed by atoms with Gasteiger partial charge in [-0.2, -0.15) is 8.42 Å². The average molecular weight is 343 g/mol. The molecule has 1 atom stereocenters. The number of rotatable bonds is 6. The summed E-state index contributed by atoms with van der Waals surface area (Å²) in [5.74, 6) is 0. The number of carbonyl (C=O) groups excluding carboxylic acids is 1. The summed E-state index contributed by atoms with van der Waals surface area (Å²) < 4.78 is 34.4. The van der Waals surface area contributed by atoms with Crippen LogP contribution in [0, 0.1) is 6.92 Å². The van der Waals surface area contributed by atoms with Crippen molar-refractivity contribution in [2.45, 2.75) is 57.6 Å². The van der Waals surface area contributed by atoms with Gasteiger partial charge in [0.1, 0.15) is 5.60 Å². The number of amides is 1. The van der Waals surface area contributed by atoms with E-state index in [1.54, 1.807) is 32.9 Å². The van der Waals surface area contributed by atoms with Gasteiger partial charge in [-0.25, -0.2) is 4.79 Å². The summed E-state index contributed by atoms with van der Waals surface area (Å²) >= 11 is 0. The number of hydrogen-bond donors (Lipinski definition) is 1. The Morgan fingerprint density at radius 3 is 2.26 bits per heavy atom. The first-order valence-electron chi connectivity index (χ1n) is 7.49. The lowest BCUT2D eigenvalue weighted by Gasteiger charge is -2.23. The van der Waals surface area contributed by atoms with Gasteiger partial charge in [0.2, 0.25) is 0 Å². The van der Waals surface area contributed by atoms with Gasteiger partial charge in [-0.15, -0.1) is 0 Å². The molecule has 0 spiro atoms. The third-order valence-corrected chi connectivity index (χ3v) is 4.24. The molecule has 130 valence electrons. The lowest BCUT2D eigenvalue weighted by Crippen LogP contribution is -2.41. The van der Waals surface area contributed by atoms with Crippen molar-refractivity contribution in [2.75, 3.05) is 6.61 Å². The van der Waals surface area contributed by atoms with Crippen molar-refractivity contribution in [3.8, 4) is 0 Å². The maximum absolute atomic E-state index is 12.1. The summed E-state index contributed by atoms with van der Waals surface area (Å²) in [6.45, 7) is 8.81. The standard InChI is InChI=1S/C16H25NO5S/c1-6-13(17-15(18)22-16(3,4)5)11-21-23(19,20)14-9-7-12(2)8-10-14/h7-10,13H,6,11H2,1-5H3,(H,17,18)/t13-/m1/s1. The molecule has 0 bridgehead atoms. The van der Waals surface area contributed by atoms with Crippen molar-refractivity contribution < 1.29 is 22.1 Å². The minimum Gasteiger partial charge on any atom is -0.444 e. The second kappa shape index (κ2) is 7.79. The topological polar surface area (TPSA) is 81.7 Å². The van der Waals surface area contributed by atoms with E-state index in [9.17, 15) is 13.2 Å². The van der Waals surface area contributed by atoms with Crippen molar-refractivity contribution in [1.29, 1.82) is 0 Å². The predicted octanol–water partition coefficient (Wildman–Crippen LogP) is 3.00. The maximum Gasteiger partial charge on any atom is 0.407 e. The molecule has 0 aliphatic rings. The summed E-state index contributed by atoms with van der Waals surface area (Å²) in [4.78, 5) is 11.8. The molecule has 0 unspecified atom stereocenters. The van der Waals surface area contributed by atoms with E-state index >= 15 is 0 Å². The molecule has 1 amide bonds. The Bertz CT molecular complexity index is 617. The van der Waals surface area contributed by atoms with Crippen LogP contribution < -0.4 is 5.32 Å². The molecule has 0 radical (unpaired) electrons. The van der Waals surface area contributed by atoms with E-state index in [1.165, 1.54) is 12.1 Å². The van der Waals surface area contributed by atoms with Crippen LogP contribution in [0.4, 0.5) is 4.79 Å². The second-order valence-corrected chi connectivity index (χ2v) is 7.92. The van der Waals surface area contributed by atoms with Gasteiger partial charge in [0.05, 0.1) is 17.5 Å². The molecule has 0 saturated carbocycles. The Labute approximate surface area is 138 Å². The van der Waals surface area contributed by atoms with Crippen LogP contribution in [-0.4, -0.2) is 32.8 Å². The minimum absolute atomic E-state index is 0.0928. The molecule has 0 saturated heterocycles. The highest BCUT2D eigenvalue weighted by Crippen LogP contribution is 2.14. The predicted molar refractivity (Wildman–Crippen MR) is 87.8 cm³/mol. The molecular weight excluding hydrogens is 318 g/mol. The number of ether oxygens (including phenoxy) is 1. The van der Waals surface area contributed by atoms with Crippen LogP contribution >= 0.6 is 0 Å². The fourth-order valence-corrected chi connectivity index (χ4v) is 2.63. The van der Waals surface area contributed by atoms with E-state index in [4.69, 9.17) is 8.92 Å². The zero-order chi connectivity index (χ0) is 17.7. The first-order valence-corrected chi connectivity index (χ1v) is 8.90. The van der Waals surface area contributed by atoms with Crippen LogP contribution in [0.2, 0.25) is 0 Å². The van der Waals surface area contributed by atoms with Crippen LogP contribution in [0.25, 0.3) is 0 Å². The lowest BCUT2D eigenvalue weighted by molar-refractivity contribution is 0.0486. The largest absolute Gasteiger partial charge is 0.444 e. The van der Waals surface area contributed by atoms with E-state index in [1.807, 2.05) is 13.8 Å². The van der Waals surface area contributed by atoms with Gasteiger partial charge in [0, 0.05) is 0 Å². The number of benzene rings is 1. The Kier molecular flexibility index (Phi) is 6.58. The van der Waals surface area contributed by atoms with Crippen LogP contribution in [0.15, 0.2) is 29.2 Å². The highest BCUT2D eigenvalue weighted by molar-refractivity contribution is 7.86. The molecule has 1 N–H and O–H groups in total. The quantitative estimate of drug-likeness (QED) is 0.803. The Morgan fingerprint density at radius 1 is 1.22 bits per heavy atom. The fourth-order valence-electron chi connectivity index (χ4n) is 1.68. The van der Waals surface area contributed by atoms with E-state index in [-0.39, 0.29) is 11.5 Å². The van der Waals surface area contributed by atoms with Gasteiger partial charge in [-0.3, -0.25) is 4.18 Å². The zero-order valence-corrected chi connectivity index (χ0v) is 15.1. The maximum atomic E-state index is 12.1. The van der Waals surface area contributed by atoms with Crippen molar-refractivity contribution in [1.82, 2.24) is 5.32 Å². The summed E-state index contributed by atoms with van der Waals surface area (Å²) in [6, 6.07) is 5.93. The first-order chi connectivity index (χ1) is 10.5. The number of carbonyl (C=O) groups is 1. The molecule has 0 aromatic heterocycles. The molecule has 1 aromatic rings. The van der Waals surface area contributed by atoms with Crippen LogP contribution in [0.3, 0.4) is 0 Å². The number of hydrogen-bond acceptors (Lipinski definition) is 5. The van der Waals surface area contributed by atoms with Gasteiger partial charge in [-0.05, 0) is 46.2 Å². The fraction of sp³-hybridized carbons (Fsp3) is 0.562. The molecule has 23 heavy (non-hydrogen) atoms. The van der Waals surface area contributed by atoms with Crippen molar-refractivity contribution >= 4 is 16.2 Å². The van der Waals surface area contributed by atoms with Gasteiger partial charge in [0.15, 0.2) is 0 Å². The van der Waals surface area contributed by atoms with E-state index in [0.717, 1.165) is 5.56 Å². The van der Waals surface area contributed by atoms with Crippen LogP contribution in [-0.2, 0) is 19.0 Å². The van der Waals surface area contributed by atoms with Crippen LogP contribution in [0.1, 0.15) is 39.7 Å². The Hall–Kier alpha value is -1.60. The van der Waals surface area contributed by atoms with E-state index in [2.05, 4.69) is 5.32 Å². The second-order valence-electron chi connectivity index (χ2n) is 6.30. The number of alkyl carbamates (subject to hydrolysis) is 1. The molecule has 0 heterocycles. The molecule has 0 aliphatic heterocycles. The molecule has 6 nitrogen and oxygen atoms in total. The van der Waals surface area contributed by atoms with Crippen molar-refractivity contribution in [2.24, 2.45) is 0 Å². The smallest absolute Gasteiger partial charge is 0.407 e. The van der Waals surface area contributed by atoms with Gasteiger partial charge >= 0.3 is 6.09 Å². The van der Waals surface area contributed by atoms with Gasteiger partial charge in [0.25, 0.3) is 10.1 Å². The molecule has 7 heteroatoms. The van der Waals surface area contributed by atoms with Crippen molar-refractivity contribution in [3.05, 3.63) is 29.8 Å².